The standard InChI is InChI=1S/C68H100N4O12/c1-5-9-13-21-45-49-33-51(63(75)57(61(49)73)37-69-25-17-29-81-41-69)46(22-14-10-6-2)53-35-55(67(79)59(65(53)77)39-71-27-19-31-83-43-71)48(24-16-12-8-4)56-36-54(66(78)60(68(56)80)40-72-28-20-32-84-44-72)47(23-15-11-7-3)52-34-50(45)62(74)58(64(52)76)38-70-26-18-30-82-42-70/h33-36,45-48,73-80H,5-32,37-44H2,1-4H3. The quantitative estimate of drug-likeness (QED) is 0.0307. The molecule has 16 heteroatoms. The van der Waals surface area contributed by atoms with Crippen molar-refractivity contribution < 1.29 is 59.8 Å². The van der Waals surface area contributed by atoms with E-state index in [1.54, 1.807) is 0 Å². The Morgan fingerprint density at radius 3 is 0.655 bits per heavy atom. The maximum Gasteiger partial charge on any atom is 0.127 e. The molecule has 0 saturated carbocycles. The van der Waals surface area contributed by atoms with Gasteiger partial charge in [-0.3, -0.25) is 19.6 Å². The fourth-order valence-corrected chi connectivity index (χ4v) is 14.1. The fraction of sp³-hybridized carbons (Fsp3) is 0.647. The van der Waals surface area contributed by atoms with E-state index in [4.69, 9.17) is 18.9 Å². The predicted molar refractivity (Wildman–Crippen MR) is 326 cm³/mol. The first-order valence-corrected chi connectivity index (χ1v) is 32.4. The van der Waals surface area contributed by atoms with Crippen LogP contribution in [-0.2, 0) is 45.1 Å². The second kappa shape index (κ2) is 30.5. The molecule has 5 aliphatic rings. The van der Waals surface area contributed by atoms with Crippen molar-refractivity contribution in [2.45, 2.75) is 206 Å². The van der Waals surface area contributed by atoms with Gasteiger partial charge in [-0.15, -0.1) is 0 Å². The zero-order valence-electron chi connectivity index (χ0n) is 51.1. The van der Waals surface area contributed by atoms with E-state index in [9.17, 15) is 40.9 Å². The van der Waals surface area contributed by atoms with E-state index >= 15 is 0 Å². The molecule has 8 bridgehead atoms. The molecule has 4 aromatic carbocycles. The van der Waals surface area contributed by atoms with Crippen molar-refractivity contribution in [3.05, 3.63) is 91.0 Å². The molecule has 4 aliphatic heterocycles. The first-order valence-electron chi connectivity index (χ1n) is 32.4. The summed E-state index contributed by atoms with van der Waals surface area (Å²) in [5.41, 5.74) is 5.45. The van der Waals surface area contributed by atoms with Gasteiger partial charge in [0.15, 0.2) is 0 Å². The third-order valence-corrected chi connectivity index (χ3v) is 18.8. The Balaban J connectivity index is 1.45. The molecule has 4 aromatic rings. The number of phenols is 8. The molecule has 4 saturated heterocycles. The third kappa shape index (κ3) is 14.5. The van der Waals surface area contributed by atoms with E-state index in [0.717, 1.165) is 103 Å². The molecule has 464 valence electrons. The highest BCUT2D eigenvalue weighted by molar-refractivity contribution is 5.68. The van der Waals surface area contributed by atoms with Gasteiger partial charge in [0.1, 0.15) is 46.0 Å². The van der Waals surface area contributed by atoms with Gasteiger partial charge in [-0.2, -0.15) is 0 Å². The lowest BCUT2D eigenvalue weighted by molar-refractivity contribution is -0.0183. The monoisotopic (exact) mass is 1160 g/mol. The summed E-state index contributed by atoms with van der Waals surface area (Å²) in [6, 6.07) is 7.68. The predicted octanol–water partition coefficient (Wildman–Crippen LogP) is 13.2. The van der Waals surface area contributed by atoms with Crippen LogP contribution in [0.2, 0.25) is 0 Å². The lowest BCUT2D eigenvalue weighted by Crippen LogP contribution is -2.33. The average Bonchev–Trinajstić information content (AvgIpc) is 0.983. The number of hydrogen-bond acceptors (Lipinski definition) is 16. The van der Waals surface area contributed by atoms with Crippen LogP contribution in [-0.4, -0.2) is 140 Å². The Labute approximate surface area is 499 Å². The van der Waals surface area contributed by atoms with Crippen LogP contribution in [0, 0.1) is 0 Å². The largest absolute Gasteiger partial charge is 0.507 e. The minimum Gasteiger partial charge on any atom is -0.507 e. The van der Waals surface area contributed by atoms with Crippen LogP contribution < -0.4 is 0 Å². The summed E-state index contributed by atoms with van der Waals surface area (Å²) in [7, 11) is 0. The molecule has 0 aromatic heterocycles. The molecule has 0 spiro atoms. The normalized spacial score (nSPS) is 21.3. The lowest BCUT2D eigenvalue weighted by atomic mass is 9.74. The van der Waals surface area contributed by atoms with E-state index in [0.29, 0.717) is 172 Å². The number of rotatable bonds is 24. The summed E-state index contributed by atoms with van der Waals surface area (Å²) in [5.74, 6) is -3.37. The number of nitrogens with zero attached hydrogens (tertiary/aromatic N) is 4. The van der Waals surface area contributed by atoms with Crippen molar-refractivity contribution in [3.63, 3.8) is 0 Å². The van der Waals surface area contributed by atoms with Gasteiger partial charge < -0.3 is 59.8 Å². The summed E-state index contributed by atoms with van der Waals surface area (Å²) < 4.78 is 23.9. The summed E-state index contributed by atoms with van der Waals surface area (Å²) in [4.78, 5) is 8.34. The summed E-state index contributed by atoms with van der Waals surface area (Å²) in [5, 5.41) is 106. The van der Waals surface area contributed by atoms with E-state index in [2.05, 4.69) is 47.3 Å². The zero-order valence-corrected chi connectivity index (χ0v) is 51.1. The Morgan fingerprint density at radius 2 is 0.500 bits per heavy atom. The van der Waals surface area contributed by atoms with Crippen LogP contribution in [0.15, 0.2) is 24.3 Å². The molecule has 0 unspecified atom stereocenters. The molecule has 0 radical (unpaired) electrons. The molecule has 4 fully saturated rings. The second-order valence-electron chi connectivity index (χ2n) is 24.9. The van der Waals surface area contributed by atoms with E-state index in [-0.39, 0.29) is 72.2 Å². The van der Waals surface area contributed by atoms with Gasteiger partial charge in [-0.05, 0) is 75.6 Å². The van der Waals surface area contributed by atoms with Gasteiger partial charge in [0.2, 0.25) is 0 Å². The first-order chi connectivity index (χ1) is 40.9. The minimum absolute atomic E-state index is 0.0826. The Hall–Kier alpha value is -5.04. The van der Waals surface area contributed by atoms with Crippen LogP contribution >= 0.6 is 0 Å². The van der Waals surface area contributed by atoms with Crippen molar-refractivity contribution in [2.24, 2.45) is 0 Å². The number of hydrogen-bond donors (Lipinski definition) is 8. The highest BCUT2D eigenvalue weighted by Gasteiger charge is 2.39. The van der Waals surface area contributed by atoms with Crippen LogP contribution in [0.3, 0.4) is 0 Å². The summed E-state index contributed by atoms with van der Waals surface area (Å²) >= 11 is 0. The molecule has 1 aliphatic carbocycles. The third-order valence-electron chi connectivity index (χ3n) is 18.8. The van der Waals surface area contributed by atoms with E-state index < -0.39 is 23.7 Å². The maximum absolute atomic E-state index is 13.2. The van der Waals surface area contributed by atoms with Crippen molar-refractivity contribution in [2.75, 3.05) is 79.5 Å². The highest BCUT2D eigenvalue weighted by Crippen LogP contribution is 2.56. The van der Waals surface area contributed by atoms with Crippen molar-refractivity contribution in [1.82, 2.24) is 19.6 Å². The summed E-state index contributed by atoms with van der Waals surface area (Å²) in [6.07, 6.45) is 15.1. The van der Waals surface area contributed by atoms with Crippen molar-refractivity contribution in [1.29, 1.82) is 0 Å². The molecule has 84 heavy (non-hydrogen) atoms. The highest BCUT2D eigenvalue weighted by atomic mass is 16.5. The van der Waals surface area contributed by atoms with E-state index in [1.165, 1.54) is 0 Å². The second-order valence-corrected chi connectivity index (χ2v) is 24.9. The van der Waals surface area contributed by atoms with Crippen LogP contribution in [0.1, 0.15) is 247 Å². The van der Waals surface area contributed by atoms with Crippen molar-refractivity contribution >= 4 is 0 Å². The van der Waals surface area contributed by atoms with Crippen LogP contribution in [0.4, 0.5) is 0 Å². The van der Waals surface area contributed by atoms with Gasteiger partial charge in [0.25, 0.3) is 0 Å². The first kappa shape index (κ1) is 63.5. The number of aromatic hydroxyl groups is 8. The summed E-state index contributed by atoms with van der Waals surface area (Å²) in [6.45, 7) is 15.6. The Kier molecular flexibility index (Phi) is 23.1. The minimum atomic E-state index is -0.677. The maximum atomic E-state index is 13.2. The molecule has 4 heterocycles. The van der Waals surface area contributed by atoms with Crippen molar-refractivity contribution in [3.8, 4) is 46.0 Å². The molecular formula is C68H100N4O12. The Morgan fingerprint density at radius 1 is 0.310 bits per heavy atom. The number of ether oxygens (including phenoxy) is 4. The lowest BCUT2D eigenvalue weighted by Gasteiger charge is -2.34. The van der Waals surface area contributed by atoms with Crippen LogP contribution in [0.25, 0.3) is 0 Å². The van der Waals surface area contributed by atoms with Gasteiger partial charge in [0, 0.05) is 147 Å². The molecular weight excluding hydrogens is 1060 g/mol. The molecule has 0 atom stereocenters. The number of benzene rings is 4. The van der Waals surface area contributed by atoms with Gasteiger partial charge in [0.05, 0.1) is 49.2 Å². The molecule has 16 nitrogen and oxygen atoms in total. The smallest absolute Gasteiger partial charge is 0.127 e. The average molecular weight is 1170 g/mol. The van der Waals surface area contributed by atoms with Gasteiger partial charge in [-0.1, -0.05) is 105 Å². The fourth-order valence-electron chi connectivity index (χ4n) is 14.1. The zero-order chi connectivity index (χ0) is 59.3. The molecule has 0 amide bonds. The number of phenolic OH excluding ortho intramolecular Hbond substituents is 8. The SMILES string of the molecule is CCCCCC1c2cc(c(O)c(CN3CCCOC3)c2O)C(CCCCC)c2cc(c(O)c(CN3CCCOC3)c2O)C(CCCCC)c2cc(c(O)c(CN3CCCOC3)c2O)C(CCCCC)c2cc1c(O)c(CN1CCCOC1)c2O. The number of fused-ring (bicyclic) bond motifs is 8. The Bertz CT molecular complexity index is 2300. The topological polar surface area (TPSA) is 212 Å². The van der Waals surface area contributed by atoms with Gasteiger partial charge >= 0.3 is 0 Å². The van der Waals surface area contributed by atoms with Crippen LogP contribution in [0.5, 0.6) is 46.0 Å². The van der Waals surface area contributed by atoms with Gasteiger partial charge in [-0.25, -0.2) is 0 Å². The van der Waals surface area contributed by atoms with E-state index in [1.807, 2.05) is 24.3 Å². The number of unbranched alkanes of at least 4 members (excludes halogenated alkanes) is 8. The molecule has 8 N–H and O–H groups in total. The molecule has 9 rings (SSSR count).